The topological polar surface area (TPSA) is 199 Å². The first-order chi connectivity index (χ1) is 18.9. The standard InChI is InChI=1S/C26H41N5O8S/c1-26(2,17-27)18-39-23(32)7-4-15-40(36,37)31-21(25(34)35)16-30-24(33)19-8-10-20(11-9-19)38-14-3-6-22-28-12-5-13-29-22/h8-11,21,31H,3-7,12-18,27H2,1-2H3,(H,28,29)(H,30,33)(H,34,35)/t21-/m0/s1. The van der Waals surface area contributed by atoms with Gasteiger partial charge in [-0.1, -0.05) is 13.8 Å². The average Bonchev–Trinajstić information content (AvgIpc) is 2.93. The number of aliphatic imine (C=N–C) groups is 1. The molecule has 1 aliphatic rings. The molecule has 0 aliphatic carbocycles. The van der Waals surface area contributed by atoms with Crippen LogP contribution in [0.3, 0.4) is 0 Å². The van der Waals surface area contributed by atoms with Crippen LogP contribution in [0.15, 0.2) is 29.3 Å². The number of aliphatic carboxylic acids is 1. The summed E-state index contributed by atoms with van der Waals surface area (Å²) in [6.07, 6.45) is 2.42. The summed E-state index contributed by atoms with van der Waals surface area (Å²) < 4.78 is 37.6. The van der Waals surface area contributed by atoms with Crippen molar-refractivity contribution in [3.8, 4) is 5.75 Å². The average molecular weight is 584 g/mol. The third-order valence-corrected chi connectivity index (χ3v) is 7.44. The molecule has 0 aromatic heterocycles. The lowest BCUT2D eigenvalue weighted by Crippen LogP contribution is -2.49. The first-order valence-electron chi connectivity index (χ1n) is 13.3. The maximum atomic E-state index is 12.5. The first-order valence-corrected chi connectivity index (χ1v) is 14.9. The number of benzene rings is 1. The Morgan fingerprint density at radius 3 is 2.55 bits per heavy atom. The van der Waals surface area contributed by atoms with Gasteiger partial charge in [0.2, 0.25) is 10.0 Å². The second kappa shape index (κ2) is 16.1. The lowest BCUT2D eigenvalue weighted by atomic mass is 9.95. The van der Waals surface area contributed by atoms with E-state index in [0.717, 1.165) is 38.2 Å². The molecule has 1 aromatic carbocycles. The highest BCUT2D eigenvalue weighted by atomic mass is 32.2. The molecule has 1 aliphatic heterocycles. The van der Waals surface area contributed by atoms with Crippen molar-refractivity contribution in [1.29, 1.82) is 0 Å². The fraction of sp³-hybridized carbons (Fsp3) is 0.615. The number of amidine groups is 1. The van der Waals surface area contributed by atoms with Crippen molar-refractivity contribution in [1.82, 2.24) is 15.4 Å². The number of hydrogen-bond acceptors (Lipinski definition) is 10. The summed E-state index contributed by atoms with van der Waals surface area (Å²) in [5, 5.41) is 15.1. The summed E-state index contributed by atoms with van der Waals surface area (Å²) in [6.45, 7) is 5.89. The minimum Gasteiger partial charge on any atom is -0.494 e. The van der Waals surface area contributed by atoms with Crippen molar-refractivity contribution in [2.45, 2.75) is 52.0 Å². The Bertz CT molecular complexity index is 1120. The number of nitrogens with zero attached hydrogens (tertiary/aromatic N) is 1. The van der Waals surface area contributed by atoms with Crippen molar-refractivity contribution >= 4 is 33.7 Å². The molecule has 14 heteroatoms. The lowest BCUT2D eigenvalue weighted by Gasteiger charge is -2.21. The Kier molecular flexibility index (Phi) is 13.3. The molecule has 0 radical (unpaired) electrons. The maximum Gasteiger partial charge on any atom is 0.323 e. The Morgan fingerprint density at radius 2 is 1.93 bits per heavy atom. The normalized spacial score (nSPS) is 14.4. The molecule has 1 amide bonds. The zero-order valence-electron chi connectivity index (χ0n) is 23.1. The SMILES string of the molecule is CC(C)(CN)COC(=O)CCCS(=O)(=O)N[C@@H](CNC(=O)c1ccc(OCCCC2=NCCCN2)cc1)C(=O)O. The molecule has 6 N–H and O–H groups in total. The van der Waals surface area contributed by atoms with Gasteiger partial charge in [-0.25, -0.2) is 8.42 Å². The van der Waals surface area contributed by atoms with E-state index in [0.29, 0.717) is 18.9 Å². The van der Waals surface area contributed by atoms with E-state index >= 15 is 0 Å². The molecular weight excluding hydrogens is 542 g/mol. The van der Waals surface area contributed by atoms with Gasteiger partial charge in [-0.05, 0) is 43.5 Å². The summed E-state index contributed by atoms with van der Waals surface area (Å²) in [4.78, 5) is 40.3. The molecule has 224 valence electrons. The highest BCUT2D eigenvalue weighted by Crippen LogP contribution is 2.14. The van der Waals surface area contributed by atoms with Gasteiger partial charge >= 0.3 is 11.9 Å². The number of carboxylic acid groups (broad SMARTS) is 1. The smallest absolute Gasteiger partial charge is 0.323 e. The van der Waals surface area contributed by atoms with Crippen molar-refractivity contribution in [2.24, 2.45) is 16.1 Å². The van der Waals surface area contributed by atoms with Crippen LogP contribution < -0.4 is 25.8 Å². The third-order valence-electron chi connectivity index (χ3n) is 5.97. The van der Waals surface area contributed by atoms with Gasteiger partial charge in [0.25, 0.3) is 5.91 Å². The second-order valence-electron chi connectivity index (χ2n) is 10.3. The predicted molar refractivity (Wildman–Crippen MR) is 150 cm³/mol. The molecule has 0 saturated heterocycles. The van der Waals surface area contributed by atoms with Crippen molar-refractivity contribution in [3.63, 3.8) is 0 Å². The number of nitrogens with one attached hydrogen (secondary N) is 3. The largest absolute Gasteiger partial charge is 0.494 e. The highest BCUT2D eigenvalue weighted by molar-refractivity contribution is 7.89. The molecule has 0 bridgehead atoms. The van der Waals surface area contributed by atoms with E-state index in [1.54, 1.807) is 12.1 Å². The van der Waals surface area contributed by atoms with Crippen molar-refractivity contribution in [3.05, 3.63) is 29.8 Å². The van der Waals surface area contributed by atoms with Gasteiger partial charge in [0.1, 0.15) is 11.8 Å². The van der Waals surface area contributed by atoms with Gasteiger partial charge in [0.15, 0.2) is 0 Å². The van der Waals surface area contributed by atoms with Crippen LogP contribution in [0.1, 0.15) is 56.3 Å². The van der Waals surface area contributed by atoms with Crippen LogP contribution in [0.4, 0.5) is 0 Å². The number of carbonyl (C=O) groups is 3. The van der Waals surface area contributed by atoms with Crippen LogP contribution in [0.2, 0.25) is 0 Å². The van der Waals surface area contributed by atoms with Gasteiger partial charge in [-0.3, -0.25) is 19.4 Å². The lowest BCUT2D eigenvalue weighted by molar-refractivity contribution is -0.146. The van der Waals surface area contributed by atoms with E-state index in [2.05, 4.69) is 20.3 Å². The Balaban J connectivity index is 1.74. The number of sulfonamides is 1. The van der Waals surface area contributed by atoms with Gasteiger partial charge in [0.05, 0.1) is 24.8 Å². The third kappa shape index (κ3) is 12.7. The van der Waals surface area contributed by atoms with Crippen molar-refractivity contribution < 1.29 is 37.4 Å². The van der Waals surface area contributed by atoms with Crippen LogP contribution >= 0.6 is 0 Å². The molecule has 0 fully saturated rings. The van der Waals surface area contributed by atoms with Crippen LogP contribution in [0, 0.1) is 5.41 Å². The number of nitrogens with two attached hydrogens (primary N) is 1. The number of hydrogen-bond donors (Lipinski definition) is 5. The number of carbonyl (C=O) groups excluding carboxylic acids is 2. The van der Waals surface area contributed by atoms with E-state index in [1.165, 1.54) is 12.1 Å². The van der Waals surface area contributed by atoms with E-state index in [-0.39, 0.29) is 30.4 Å². The van der Waals surface area contributed by atoms with Crippen LogP contribution in [0.25, 0.3) is 0 Å². The van der Waals surface area contributed by atoms with E-state index in [1.807, 2.05) is 13.8 Å². The molecule has 0 unspecified atom stereocenters. The molecule has 1 atom stereocenters. The predicted octanol–water partition coefficient (Wildman–Crippen LogP) is 0.648. The fourth-order valence-corrected chi connectivity index (χ4v) is 4.71. The number of ether oxygens (including phenoxy) is 2. The molecule has 1 heterocycles. The zero-order chi connectivity index (χ0) is 29.6. The van der Waals surface area contributed by atoms with Crippen molar-refractivity contribution in [2.75, 3.05) is 45.1 Å². The summed E-state index contributed by atoms with van der Waals surface area (Å²) in [7, 11) is -4.04. The molecule has 0 saturated carbocycles. The van der Waals surface area contributed by atoms with Gasteiger partial charge < -0.3 is 30.9 Å². The van der Waals surface area contributed by atoms with Crippen LogP contribution in [-0.2, 0) is 24.3 Å². The zero-order valence-corrected chi connectivity index (χ0v) is 23.9. The Morgan fingerprint density at radius 1 is 1.20 bits per heavy atom. The number of esters is 1. The Hall–Kier alpha value is -3.23. The van der Waals surface area contributed by atoms with Gasteiger partial charge in [-0.15, -0.1) is 0 Å². The van der Waals surface area contributed by atoms with Gasteiger partial charge in [0, 0.05) is 50.0 Å². The minimum absolute atomic E-state index is 0.0595. The maximum absolute atomic E-state index is 12.5. The number of rotatable bonds is 18. The van der Waals surface area contributed by atoms with Crippen LogP contribution in [-0.4, -0.2) is 88.4 Å². The molecular formula is C26H41N5O8S. The van der Waals surface area contributed by atoms with E-state index in [4.69, 9.17) is 15.2 Å². The molecule has 2 rings (SSSR count). The van der Waals surface area contributed by atoms with Crippen LogP contribution in [0.5, 0.6) is 5.75 Å². The quantitative estimate of drug-likeness (QED) is 0.121. The second-order valence-corrected chi connectivity index (χ2v) is 12.1. The molecule has 40 heavy (non-hydrogen) atoms. The Labute approximate surface area is 235 Å². The summed E-state index contributed by atoms with van der Waals surface area (Å²) in [6, 6.07) is 4.74. The summed E-state index contributed by atoms with van der Waals surface area (Å²) in [5.74, 6) is -1.49. The molecule has 1 aromatic rings. The highest BCUT2D eigenvalue weighted by Gasteiger charge is 2.25. The summed E-state index contributed by atoms with van der Waals surface area (Å²) >= 11 is 0. The minimum atomic E-state index is -4.04. The van der Waals surface area contributed by atoms with E-state index < -0.39 is 46.2 Å². The first kappa shape index (κ1) is 33.0. The fourth-order valence-electron chi connectivity index (χ4n) is 3.45. The molecule has 0 spiro atoms. The number of amides is 1. The summed E-state index contributed by atoms with van der Waals surface area (Å²) in [5.41, 5.74) is 5.45. The van der Waals surface area contributed by atoms with Gasteiger partial charge in [-0.2, -0.15) is 4.72 Å². The molecule has 13 nitrogen and oxygen atoms in total. The van der Waals surface area contributed by atoms with E-state index in [9.17, 15) is 27.9 Å². The number of carboxylic acids is 1. The monoisotopic (exact) mass is 583 g/mol.